The van der Waals surface area contributed by atoms with Crippen LogP contribution >= 0.6 is 34.2 Å². The quantitative estimate of drug-likeness (QED) is 0.673. The minimum Gasteiger partial charge on any atom is -0.351 e. The molecule has 1 amide bonds. The number of rotatable bonds is 3. The van der Waals surface area contributed by atoms with E-state index in [9.17, 15) is 4.79 Å². The van der Waals surface area contributed by atoms with Gasteiger partial charge < -0.3 is 5.32 Å². The van der Waals surface area contributed by atoms with E-state index in [-0.39, 0.29) is 5.91 Å². The summed E-state index contributed by atoms with van der Waals surface area (Å²) in [4.78, 5) is 11.4. The lowest BCUT2D eigenvalue weighted by Gasteiger charge is -2.04. The van der Waals surface area contributed by atoms with Gasteiger partial charge in [-0.3, -0.25) is 4.79 Å². The number of alkyl halides is 1. The van der Waals surface area contributed by atoms with E-state index in [1.165, 1.54) is 0 Å². The van der Waals surface area contributed by atoms with E-state index < -0.39 is 0 Å². The molecule has 1 aromatic carbocycles. The molecule has 1 aromatic rings. The monoisotopic (exact) mass is 309 g/mol. The highest BCUT2D eigenvalue weighted by Crippen LogP contribution is 2.10. The van der Waals surface area contributed by atoms with E-state index in [2.05, 4.69) is 27.9 Å². The number of hydrogen-bond donors (Lipinski definition) is 1. The van der Waals surface area contributed by atoms with Gasteiger partial charge in [0.05, 0.1) is 5.56 Å². The Morgan fingerprint density at radius 1 is 1.46 bits per heavy atom. The smallest absolute Gasteiger partial charge is 0.252 e. The molecule has 1 N–H and O–H groups in total. The molecule has 0 radical (unpaired) electrons. The zero-order chi connectivity index (χ0) is 9.68. The number of halogens is 2. The fourth-order valence-corrected chi connectivity index (χ4v) is 1.63. The van der Waals surface area contributed by atoms with Gasteiger partial charge in [-0.2, -0.15) is 0 Å². The highest BCUT2D eigenvalue weighted by molar-refractivity contribution is 14.1. The Kier molecular flexibility index (Phi) is 4.52. The largest absolute Gasteiger partial charge is 0.351 e. The molecule has 0 unspecified atom stereocenters. The Bertz CT molecular complexity index is 303. The fraction of sp³-hybridized carbons (Fsp3) is 0.222. The van der Waals surface area contributed by atoms with Crippen molar-refractivity contribution in [2.75, 3.05) is 12.4 Å². The molecular formula is C9H9ClINO. The summed E-state index contributed by atoms with van der Waals surface area (Å²) in [6.45, 7) is 0.505. The van der Waals surface area contributed by atoms with Crippen LogP contribution in [0.1, 0.15) is 10.4 Å². The Labute approximate surface area is 95.8 Å². The third-order valence-corrected chi connectivity index (χ3v) is 2.63. The van der Waals surface area contributed by atoms with Crippen LogP contribution in [-0.4, -0.2) is 18.3 Å². The number of carbonyl (C=O) groups is 1. The second-order valence-corrected chi connectivity index (χ2v) is 3.96. The van der Waals surface area contributed by atoms with Gasteiger partial charge in [0.2, 0.25) is 0 Å². The van der Waals surface area contributed by atoms with Gasteiger partial charge in [-0.05, 0) is 34.7 Å². The first-order valence-corrected chi connectivity index (χ1v) is 5.45. The predicted molar refractivity (Wildman–Crippen MR) is 62.2 cm³/mol. The molecule has 0 aliphatic carbocycles. The van der Waals surface area contributed by atoms with Gasteiger partial charge in [-0.1, -0.05) is 12.1 Å². The summed E-state index contributed by atoms with van der Waals surface area (Å²) in [5.41, 5.74) is 0.702. The summed E-state index contributed by atoms with van der Waals surface area (Å²) in [5.74, 6) is 0.375. The molecule has 0 saturated heterocycles. The topological polar surface area (TPSA) is 29.1 Å². The summed E-state index contributed by atoms with van der Waals surface area (Å²) in [6, 6.07) is 7.44. The number of carbonyl (C=O) groups excluding carboxylic acids is 1. The van der Waals surface area contributed by atoms with Crippen LogP contribution in [0.5, 0.6) is 0 Å². The third kappa shape index (κ3) is 3.15. The van der Waals surface area contributed by atoms with Crippen molar-refractivity contribution in [3.05, 3.63) is 33.4 Å². The van der Waals surface area contributed by atoms with Gasteiger partial charge in [-0.25, -0.2) is 0 Å². The van der Waals surface area contributed by atoms with Crippen LogP contribution in [0, 0.1) is 3.57 Å². The van der Waals surface area contributed by atoms with E-state index >= 15 is 0 Å². The van der Waals surface area contributed by atoms with Crippen LogP contribution < -0.4 is 5.32 Å². The molecule has 13 heavy (non-hydrogen) atoms. The number of nitrogens with one attached hydrogen (secondary N) is 1. The van der Waals surface area contributed by atoms with E-state index in [1.54, 1.807) is 6.07 Å². The van der Waals surface area contributed by atoms with Crippen LogP contribution in [0.2, 0.25) is 0 Å². The maximum absolute atomic E-state index is 11.4. The van der Waals surface area contributed by atoms with Crippen molar-refractivity contribution in [3.8, 4) is 0 Å². The first kappa shape index (κ1) is 10.8. The van der Waals surface area contributed by atoms with Crippen LogP contribution in [0.3, 0.4) is 0 Å². The average Bonchev–Trinajstić information content (AvgIpc) is 2.15. The maximum atomic E-state index is 11.4. The van der Waals surface area contributed by atoms with Crippen molar-refractivity contribution in [3.63, 3.8) is 0 Å². The average molecular weight is 310 g/mol. The zero-order valence-corrected chi connectivity index (χ0v) is 9.80. The Hall–Kier alpha value is -0.290. The second-order valence-electron chi connectivity index (χ2n) is 2.42. The number of amides is 1. The molecule has 0 spiro atoms. The maximum Gasteiger partial charge on any atom is 0.252 e. The second kappa shape index (κ2) is 5.44. The van der Waals surface area contributed by atoms with Gasteiger partial charge >= 0.3 is 0 Å². The van der Waals surface area contributed by atoms with Gasteiger partial charge in [0.15, 0.2) is 0 Å². The van der Waals surface area contributed by atoms with Crippen molar-refractivity contribution < 1.29 is 4.79 Å². The lowest BCUT2D eigenvalue weighted by molar-refractivity contribution is 0.0955. The van der Waals surface area contributed by atoms with Crippen molar-refractivity contribution in [2.45, 2.75) is 0 Å². The summed E-state index contributed by atoms with van der Waals surface area (Å²) < 4.78 is 0.951. The highest BCUT2D eigenvalue weighted by Gasteiger charge is 2.06. The summed E-state index contributed by atoms with van der Waals surface area (Å²) >= 11 is 7.59. The lowest BCUT2D eigenvalue weighted by atomic mass is 10.2. The molecule has 0 aliphatic rings. The normalized spacial score (nSPS) is 9.69. The number of hydrogen-bond acceptors (Lipinski definition) is 1. The zero-order valence-electron chi connectivity index (χ0n) is 6.89. The van der Waals surface area contributed by atoms with Crippen molar-refractivity contribution in [1.82, 2.24) is 5.32 Å². The summed E-state index contributed by atoms with van der Waals surface area (Å²) in [7, 11) is 0. The molecule has 70 valence electrons. The van der Waals surface area contributed by atoms with Crippen LogP contribution in [0.15, 0.2) is 24.3 Å². The minimum atomic E-state index is -0.0642. The van der Waals surface area contributed by atoms with Crippen molar-refractivity contribution in [2.24, 2.45) is 0 Å². The molecule has 0 aromatic heterocycles. The standard InChI is InChI=1S/C9H9ClINO/c10-5-6-12-9(13)7-3-1-2-4-8(7)11/h1-4H,5-6H2,(H,12,13). The molecule has 2 nitrogen and oxygen atoms in total. The molecule has 0 heterocycles. The van der Waals surface area contributed by atoms with Crippen molar-refractivity contribution >= 4 is 40.1 Å². The third-order valence-electron chi connectivity index (χ3n) is 1.50. The summed E-state index contributed by atoms with van der Waals surface area (Å²) in [6.07, 6.45) is 0. The van der Waals surface area contributed by atoms with Gasteiger partial charge in [-0.15, -0.1) is 11.6 Å². The molecule has 4 heteroatoms. The van der Waals surface area contributed by atoms with Gasteiger partial charge in [0.1, 0.15) is 0 Å². The molecular weight excluding hydrogens is 300 g/mol. The minimum absolute atomic E-state index is 0.0642. The van der Waals surface area contributed by atoms with Crippen LogP contribution in [0.4, 0.5) is 0 Å². The predicted octanol–water partition coefficient (Wildman–Crippen LogP) is 2.26. The molecule has 0 fully saturated rings. The first-order valence-electron chi connectivity index (χ1n) is 3.84. The molecule has 0 bridgehead atoms. The Balaban J connectivity index is 2.71. The molecule has 0 saturated carbocycles. The first-order chi connectivity index (χ1) is 6.25. The lowest BCUT2D eigenvalue weighted by Crippen LogP contribution is -2.25. The van der Waals surface area contributed by atoms with E-state index in [1.807, 2.05) is 18.2 Å². The fourth-order valence-electron chi connectivity index (χ4n) is 0.901. The van der Waals surface area contributed by atoms with E-state index in [4.69, 9.17) is 11.6 Å². The Morgan fingerprint density at radius 3 is 2.77 bits per heavy atom. The molecule has 0 atom stereocenters. The highest BCUT2D eigenvalue weighted by atomic mass is 127. The van der Waals surface area contributed by atoms with E-state index in [0.717, 1.165) is 3.57 Å². The van der Waals surface area contributed by atoms with Crippen molar-refractivity contribution in [1.29, 1.82) is 0 Å². The summed E-state index contributed by atoms with van der Waals surface area (Å²) in [5, 5.41) is 2.71. The van der Waals surface area contributed by atoms with Gasteiger partial charge in [0.25, 0.3) is 5.91 Å². The van der Waals surface area contributed by atoms with Gasteiger partial charge in [0, 0.05) is 16.0 Å². The number of benzene rings is 1. The van der Waals surface area contributed by atoms with Crippen LogP contribution in [0.25, 0.3) is 0 Å². The van der Waals surface area contributed by atoms with E-state index in [0.29, 0.717) is 18.0 Å². The Morgan fingerprint density at radius 2 is 2.15 bits per heavy atom. The molecule has 1 rings (SSSR count). The molecule has 0 aliphatic heterocycles. The SMILES string of the molecule is O=C(NCCCl)c1ccccc1I. The van der Waals surface area contributed by atoms with Crippen LogP contribution in [-0.2, 0) is 0 Å².